The van der Waals surface area contributed by atoms with Gasteiger partial charge in [-0.1, -0.05) is 12.1 Å². The number of amides is 1. The number of benzene rings is 1. The molecular formula is C15H24N4O2. The van der Waals surface area contributed by atoms with E-state index < -0.39 is 5.91 Å². The molecule has 1 aromatic carbocycles. The van der Waals surface area contributed by atoms with Crippen LogP contribution in [0, 0.1) is 0 Å². The average Bonchev–Trinajstić information content (AvgIpc) is 2.45. The van der Waals surface area contributed by atoms with Crippen LogP contribution >= 0.6 is 0 Å². The second-order valence-corrected chi connectivity index (χ2v) is 4.76. The summed E-state index contributed by atoms with van der Waals surface area (Å²) in [5.41, 5.74) is 6.72. The van der Waals surface area contributed by atoms with Crippen molar-refractivity contribution in [3.63, 3.8) is 0 Å². The third-order valence-corrected chi connectivity index (χ3v) is 2.80. The molecule has 0 fully saturated rings. The lowest BCUT2D eigenvalue weighted by molar-refractivity contribution is 0.100. The molecule has 1 aromatic rings. The average molecular weight is 292 g/mol. The Morgan fingerprint density at radius 3 is 2.57 bits per heavy atom. The number of nitrogens with two attached hydrogens (primary N) is 1. The molecule has 0 aromatic heterocycles. The highest BCUT2D eigenvalue weighted by Crippen LogP contribution is 2.05. The van der Waals surface area contributed by atoms with E-state index in [2.05, 4.69) is 15.6 Å². The van der Waals surface area contributed by atoms with Crippen molar-refractivity contribution in [2.45, 2.75) is 26.4 Å². The molecule has 1 unspecified atom stereocenters. The predicted molar refractivity (Wildman–Crippen MR) is 84.2 cm³/mol. The van der Waals surface area contributed by atoms with Crippen molar-refractivity contribution in [3.05, 3.63) is 35.4 Å². The van der Waals surface area contributed by atoms with Crippen LogP contribution in [0.15, 0.2) is 29.3 Å². The SMILES string of the molecule is CCNC(=NCc1ccc(C(N)=O)cc1)NC(C)COC. The van der Waals surface area contributed by atoms with Crippen LogP contribution in [-0.4, -0.2) is 38.2 Å². The van der Waals surface area contributed by atoms with Crippen molar-refractivity contribution in [1.29, 1.82) is 0 Å². The third kappa shape index (κ3) is 6.27. The fraction of sp³-hybridized carbons (Fsp3) is 0.467. The summed E-state index contributed by atoms with van der Waals surface area (Å²) in [4.78, 5) is 15.5. The van der Waals surface area contributed by atoms with Gasteiger partial charge in [-0.25, -0.2) is 4.99 Å². The van der Waals surface area contributed by atoms with Gasteiger partial charge in [0.2, 0.25) is 5.91 Å². The second-order valence-electron chi connectivity index (χ2n) is 4.76. The number of methoxy groups -OCH3 is 1. The van der Waals surface area contributed by atoms with Crippen molar-refractivity contribution >= 4 is 11.9 Å². The Bertz CT molecular complexity index is 471. The van der Waals surface area contributed by atoms with Gasteiger partial charge in [-0.2, -0.15) is 0 Å². The Morgan fingerprint density at radius 1 is 1.38 bits per heavy atom. The monoisotopic (exact) mass is 292 g/mol. The molecule has 1 rings (SSSR count). The lowest BCUT2D eigenvalue weighted by atomic mass is 10.1. The number of carbonyl (C=O) groups excluding carboxylic acids is 1. The number of primary amides is 1. The van der Waals surface area contributed by atoms with Crippen LogP contribution < -0.4 is 16.4 Å². The van der Waals surface area contributed by atoms with E-state index in [4.69, 9.17) is 10.5 Å². The molecule has 21 heavy (non-hydrogen) atoms. The summed E-state index contributed by atoms with van der Waals surface area (Å²) in [6.07, 6.45) is 0. The second kappa shape index (κ2) is 8.97. The smallest absolute Gasteiger partial charge is 0.248 e. The molecule has 1 atom stereocenters. The lowest BCUT2D eigenvalue weighted by Crippen LogP contribution is -2.43. The maximum Gasteiger partial charge on any atom is 0.248 e. The maximum atomic E-state index is 11.0. The van der Waals surface area contributed by atoms with Crippen LogP contribution in [0.25, 0.3) is 0 Å². The summed E-state index contributed by atoms with van der Waals surface area (Å²) in [7, 11) is 1.67. The minimum Gasteiger partial charge on any atom is -0.383 e. The molecule has 6 heteroatoms. The minimum absolute atomic E-state index is 0.171. The van der Waals surface area contributed by atoms with Crippen molar-refractivity contribution < 1.29 is 9.53 Å². The first kappa shape index (κ1) is 17.0. The van der Waals surface area contributed by atoms with Crippen molar-refractivity contribution in [2.75, 3.05) is 20.3 Å². The molecule has 0 heterocycles. The van der Waals surface area contributed by atoms with Crippen LogP contribution in [0.2, 0.25) is 0 Å². The Kier molecular flexibility index (Phi) is 7.25. The number of nitrogens with zero attached hydrogens (tertiary/aromatic N) is 1. The van der Waals surface area contributed by atoms with Crippen molar-refractivity contribution in [3.8, 4) is 0 Å². The summed E-state index contributed by atoms with van der Waals surface area (Å²) in [6.45, 7) is 5.95. The van der Waals surface area contributed by atoms with E-state index in [1.165, 1.54) is 0 Å². The van der Waals surface area contributed by atoms with E-state index >= 15 is 0 Å². The molecule has 116 valence electrons. The topological polar surface area (TPSA) is 88.7 Å². The number of ether oxygens (including phenoxy) is 1. The van der Waals surface area contributed by atoms with Gasteiger partial charge in [0.25, 0.3) is 0 Å². The van der Waals surface area contributed by atoms with Gasteiger partial charge in [0.05, 0.1) is 13.2 Å². The lowest BCUT2D eigenvalue weighted by Gasteiger charge is -2.17. The molecule has 6 nitrogen and oxygen atoms in total. The number of hydrogen-bond donors (Lipinski definition) is 3. The molecule has 0 aliphatic carbocycles. The zero-order chi connectivity index (χ0) is 15.7. The molecule has 0 spiro atoms. The Labute approximate surface area is 125 Å². The molecule has 0 aliphatic heterocycles. The number of nitrogens with one attached hydrogen (secondary N) is 2. The normalized spacial score (nSPS) is 12.8. The molecular weight excluding hydrogens is 268 g/mol. The van der Waals surface area contributed by atoms with E-state index in [1.807, 2.05) is 26.0 Å². The zero-order valence-electron chi connectivity index (χ0n) is 12.8. The highest BCUT2D eigenvalue weighted by atomic mass is 16.5. The quantitative estimate of drug-likeness (QED) is 0.514. The number of hydrogen-bond acceptors (Lipinski definition) is 3. The van der Waals surface area contributed by atoms with E-state index in [0.717, 1.165) is 18.1 Å². The third-order valence-electron chi connectivity index (χ3n) is 2.80. The number of rotatable bonds is 7. The largest absolute Gasteiger partial charge is 0.383 e. The summed E-state index contributed by atoms with van der Waals surface area (Å²) in [5, 5.41) is 6.44. The summed E-state index contributed by atoms with van der Waals surface area (Å²) >= 11 is 0. The van der Waals surface area contributed by atoms with Crippen LogP contribution in [0.5, 0.6) is 0 Å². The molecule has 0 bridgehead atoms. The van der Waals surface area contributed by atoms with Gasteiger partial charge in [0.1, 0.15) is 0 Å². The first-order valence-corrected chi connectivity index (χ1v) is 6.99. The molecule has 0 saturated carbocycles. The maximum absolute atomic E-state index is 11.0. The Morgan fingerprint density at radius 2 is 2.05 bits per heavy atom. The van der Waals surface area contributed by atoms with E-state index in [9.17, 15) is 4.79 Å². The van der Waals surface area contributed by atoms with Crippen LogP contribution in [-0.2, 0) is 11.3 Å². The fourth-order valence-corrected chi connectivity index (χ4v) is 1.79. The molecule has 0 radical (unpaired) electrons. The Balaban J connectivity index is 2.66. The van der Waals surface area contributed by atoms with E-state index in [-0.39, 0.29) is 6.04 Å². The first-order chi connectivity index (χ1) is 10.1. The van der Waals surface area contributed by atoms with Crippen LogP contribution in [0.1, 0.15) is 29.8 Å². The van der Waals surface area contributed by atoms with Gasteiger partial charge in [-0.05, 0) is 31.5 Å². The highest BCUT2D eigenvalue weighted by molar-refractivity contribution is 5.92. The van der Waals surface area contributed by atoms with Crippen LogP contribution in [0.3, 0.4) is 0 Å². The number of guanidine groups is 1. The molecule has 0 saturated heterocycles. The number of carbonyl (C=O) groups is 1. The molecule has 4 N–H and O–H groups in total. The van der Waals surface area contributed by atoms with Gasteiger partial charge >= 0.3 is 0 Å². The predicted octanol–water partition coefficient (Wildman–Crippen LogP) is 0.876. The fourth-order valence-electron chi connectivity index (χ4n) is 1.79. The molecule has 1 amide bonds. The van der Waals surface area contributed by atoms with Gasteiger partial charge in [0, 0.05) is 25.3 Å². The summed E-state index contributed by atoms with van der Waals surface area (Å²) in [5.74, 6) is 0.314. The van der Waals surface area contributed by atoms with Gasteiger partial charge < -0.3 is 21.1 Å². The van der Waals surface area contributed by atoms with Crippen LogP contribution in [0.4, 0.5) is 0 Å². The Hall–Kier alpha value is -2.08. The standard InChI is InChI=1S/C15H24N4O2/c1-4-17-15(19-11(2)10-21-3)18-9-12-5-7-13(8-6-12)14(16)20/h5-8,11H,4,9-10H2,1-3H3,(H2,16,20)(H2,17,18,19). The van der Waals surface area contributed by atoms with Crippen molar-refractivity contribution in [2.24, 2.45) is 10.7 Å². The van der Waals surface area contributed by atoms with Gasteiger partial charge in [-0.15, -0.1) is 0 Å². The summed E-state index contributed by atoms with van der Waals surface area (Å²) in [6, 6.07) is 7.30. The van der Waals surface area contributed by atoms with Crippen molar-refractivity contribution in [1.82, 2.24) is 10.6 Å². The minimum atomic E-state index is -0.423. The van der Waals surface area contributed by atoms with E-state index in [1.54, 1.807) is 19.2 Å². The molecule has 0 aliphatic rings. The van der Waals surface area contributed by atoms with Gasteiger partial charge in [0.15, 0.2) is 5.96 Å². The summed E-state index contributed by atoms with van der Waals surface area (Å²) < 4.78 is 5.09. The first-order valence-electron chi connectivity index (χ1n) is 6.99. The number of aliphatic imine (C=N–C) groups is 1. The van der Waals surface area contributed by atoms with E-state index in [0.29, 0.717) is 18.7 Å². The van der Waals surface area contributed by atoms with Gasteiger partial charge in [-0.3, -0.25) is 4.79 Å². The zero-order valence-corrected chi connectivity index (χ0v) is 12.8. The highest BCUT2D eigenvalue weighted by Gasteiger charge is 2.04.